The van der Waals surface area contributed by atoms with E-state index in [1.807, 2.05) is 25.1 Å². The molecule has 0 amide bonds. The highest BCUT2D eigenvalue weighted by Gasteiger charge is 2.30. The molecule has 0 bridgehead atoms. The topological polar surface area (TPSA) is 57.2 Å². The summed E-state index contributed by atoms with van der Waals surface area (Å²) in [5.74, 6) is 1.41. The van der Waals surface area contributed by atoms with Gasteiger partial charge in [0.25, 0.3) is 0 Å². The largest absolute Gasteiger partial charge is 0.490 e. The monoisotopic (exact) mass is 368 g/mol. The van der Waals surface area contributed by atoms with Crippen LogP contribution >= 0.6 is 0 Å². The van der Waals surface area contributed by atoms with E-state index in [0.29, 0.717) is 25.6 Å². The van der Waals surface area contributed by atoms with Gasteiger partial charge in [0.1, 0.15) is 5.60 Å². The van der Waals surface area contributed by atoms with Gasteiger partial charge in [-0.2, -0.15) is 0 Å². The third kappa shape index (κ3) is 7.52. The molecule has 1 rings (SSSR count). The van der Waals surface area contributed by atoms with Gasteiger partial charge in [-0.3, -0.25) is 5.26 Å². The predicted molar refractivity (Wildman–Crippen MR) is 104 cm³/mol. The lowest BCUT2D eigenvalue weighted by Crippen LogP contribution is -2.31. The molecule has 1 unspecified atom stereocenters. The molecule has 0 heterocycles. The molecule has 0 radical (unpaired) electrons. The maximum absolute atomic E-state index is 9.49. The van der Waals surface area contributed by atoms with Gasteiger partial charge in [0.2, 0.25) is 0 Å². The zero-order valence-electron chi connectivity index (χ0n) is 16.9. The van der Waals surface area contributed by atoms with Crippen LogP contribution in [0.4, 0.5) is 0 Å². The summed E-state index contributed by atoms with van der Waals surface area (Å²) in [6.45, 7) is 10.4. The molecular formula is C21H36O5. The van der Waals surface area contributed by atoms with Crippen molar-refractivity contribution in [1.29, 1.82) is 0 Å². The van der Waals surface area contributed by atoms with Gasteiger partial charge in [-0.15, -0.1) is 0 Å². The summed E-state index contributed by atoms with van der Waals surface area (Å²) < 4.78 is 17.5. The van der Waals surface area contributed by atoms with Gasteiger partial charge in [-0.25, -0.2) is 4.89 Å². The lowest BCUT2D eigenvalue weighted by atomic mass is 9.96. The molecule has 1 atom stereocenters. The molecule has 0 aliphatic rings. The quantitative estimate of drug-likeness (QED) is 0.249. The van der Waals surface area contributed by atoms with Crippen LogP contribution in [0.1, 0.15) is 71.8 Å². The zero-order chi connectivity index (χ0) is 19.3. The van der Waals surface area contributed by atoms with Gasteiger partial charge in [-0.1, -0.05) is 46.1 Å². The van der Waals surface area contributed by atoms with Crippen LogP contribution in [0.25, 0.3) is 0 Å². The minimum Gasteiger partial charge on any atom is -0.490 e. The van der Waals surface area contributed by atoms with Crippen molar-refractivity contribution in [1.82, 2.24) is 0 Å². The fourth-order valence-corrected chi connectivity index (χ4v) is 2.40. The van der Waals surface area contributed by atoms with E-state index < -0.39 is 5.60 Å². The maximum atomic E-state index is 9.49. The average Bonchev–Trinajstić information content (AvgIpc) is 2.66. The van der Waals surface area contributed by atoms with Gasteiger partial charge >= 0.3 is 0 Å². The average molecular weight is 369 g/mol. The molecule has 5 heteroatoms. The Bertz CT molecular complexity index is 491. The van der Waals surface area contributed by atoms with Crippen LogP contribution in [0.2, 0.25) is 0 Å². The second-order valence-corrected chi connectivity index (χ2v) is 6.79. The van der Waals surface area contributed by atoms with Crippen molar-refractivity contribution in [3.05, 3.63) is 23.8 Å². The lowest BCUT2D eigenvalue weighted by Gasteiger charge is -2.27. The second-order valence-electron chi connectivity index (χ2n) is 6.79. The molecule has 150 valence electrons. The fraction of sp³-hybridized carbons (Fsp3) is 0.714. The lowest BCUT2D eigenvalue weighted by molar-refractivity contribution is -0.334. The summed E-state index contributed by atoms with van der Waals surface area (Å²) >= 11 is 0. The summed E-state index contributed by atoms with van der Waals surface area (Å²) in [6.07, 6.45) is 6.17. The van der Waals surface area contributed by atoms with Crippen LogP contribution in [-0.2, 0) is 15.2 Å². The standard InChI is InChI=1S/C21H36O5/c1-5-8-13-23-17-21(4,26-22)18-11-12-19(24-14-9-6-2)20(16-18)25-15-10-7-3/h11-12,16,22H,5-10,13-15,17H2,1-4H3. The van der Waals surface area contributed by atoms with E-state index in [1.54, 1.807) is 0 Å². The number of ether oxygens (including phenoxy) is 3. The molecule has 0 aliphatic heterocycles. The number of hydrogen-bond donors (Lipinski definition) is 1. The molecule has 0 saturated carbocycles. The van der Waals surface area contributed by atoms with Crippen LogP contribution in [0.15, 0.2) is 18.2 Å². The van der Waals surface area contributed by atoms with Gasteiger partial charge in [-0.05, 0) is 43.9 Å². The summed E-state index contributed by atoms with van der Waals surface area (Å²) in [6, 6.07) is 5.67. The van der Waals surface area contributed by atoms with Crippen LogP contribution < -0.4 is 9.47 Å². The zero-order valence-corrected chi connectivity index (χ0v) is 16.9. The van der Waals surface area contributed by atoms with E-state index in [9.17, 15) is 5.26 Å². The van der Waals surface area contributed by atoms with Crippen molar-refractivity contribution >= 4 is 0 Å². The predicted octanol–water partition coefficient (Wildman–Crippen LogP) is 5.57. The van der Waals surface area contributed by atoms with Crippen LogP contribution in [0.3, 0.4) is 0 Å². The SMILES string of the molecule is CCCCOCC(C)(OO)c1ccc(OCCCC)c(OCCCC)c1. The van der Waals surface area contributed by atoms with E-state index in [1.165, 1.54) is 0 Å². The van der Waals surface area contributed by atoms with Crippen LogP contribution in [-0.4, -0.2) is 31.7 Å². The van der Waals surface area contributed by atoms with Crippen molar-refractivity contribution in [2.45, 2.75) is 71.8 Å². The summed E-state index contributed by atoms with van der Waals surface area (Å²) in [7, 11) is 0. The van der Waals surface area contributed by atoms with Gasteiger partial charge in [0.15, 0.2) is 11.5 Å². The Hall–Kier alpha value is -1.30. The van der Waals surface area contributed by atoms with E-state index >= 15 is 0 Å². The Morgan fingerprint density at radius 2 is 1.42 bits per heavy atom. The highest BCUT2D eigenvalue weighted by Crippen LogP contribution is 2.34. The van der Waals surface area contributed by atoms with E-state index in [4.69, 9.17) is 19.1 Å². The fourth-order valence-electron chi connectivity index (χ4n) is 2.40. The van der Waals surface area contributed by atoms with Gasteiger partial charge in [0.05, 0.1) is 19.8 Å². The van der Waals surface area contributed by atoms with Crippen molar-refractivity contribution in [3.8, 4) is 11.5 Å². The molecular weight excluding hydrogens is 332 g/mol. The summed E-state index contributed by atoms with van der Waals surface area (Å²) in [5, 5.41) is 9.49. The molecule has 0 aromatic heterocycles. The van der Waals surface area contributed by atoms with Gasteiger partial charge < -0.3 is 14.2 Å². The molecule has 0 saturated heterocycles. The Morgan fingerprint density at radius 1 is 0.846 bits per heavy atom. The molecule has 0 spiro atoms. The normalized spacial score (nSPS) is 13.4. The molecule has 1 aromatic rings. The number of hydrogen-bond acceptors (Lipinski definition) is 5. The van der Waals surface area contributed by atoms with Gasteiger partial charge in [0, 0.05) is 6.61 Å². The molecule has 5 nitrogen and oxygen atoms in total. The second kappa shape index (κ2) is 13.0. The maximum Gasteiger partial charge on any atom is 0.161 e. The van der Waals surface area contributed by atoms with Crippen LogP contribution in [0.5, 0.6) is 11.5 Å². The first-order chi connectivity index (χ1) is 12.6. The van der Waals surface area contributed by atoms with E-state index in [2.05, 4.69) is 20.8 Å². The summed E-state index contributed by atoms with van der Waals surface area (Å²) in [5.41, 5.74) is -0.149. The Morgan fingerprint density at radius 3 is 2.00 bits per heavy atom. The molecule has 0 fully saturated rings. The first-order valence-electron chi connectivity index (χ1n) is 9.91. The molecule has 26 heavy (non-hydrogen) atoms. The number of benzene rings is 1. The van der Waals surface area contributed by atoms with Crippen molar-refractivity contribution in [2.75, 3.05) is 26.4 Å². The Labute approximate surface area is 158 Å². The Kier molecular flexibility index (Phi) is 11.3. The number of unbranched alkanes of at least 4 members (excludes halogenated alkanes) is 3. The first-order valence-corrected chi connectivity index (χ1v) is 9.91. The van der Waals surface area contributed by atoms with Crippen molar-refractivity contribution in [3.63, 3.8) is 0 Å². The minimum absolute atomic E-state index is 0.272. The Balaban J connectivity index is 2.92. The molecule has 1 N–H and O–H groups in total. The summed E-state index contributed by atoms with van der Waals surface area (Å²) in [4.78, 5) is 4.80. The smallest absolute Gasteiger partial charge is 0.161 e. The van der Waals surface area contributed by atoms with E-state index in [0.717, 1.165) is 49.8 Å². The first kappa shape index (κ1) is 22.7. The van der Waals surface area contributed by atoms with E-state index in [-0.39, 0.29) is 6.61 Å². The number of rotatable bonds is 15. The van der Waals surface area contributed by atoms with Crippen LogP contribution in [0, 0.1) is 0 Å². The van der Waals surface area contributed by atoms with Crippen molar-refractivity contribution in [2.24, 2.45) is 0 Å². The highest BCUT2D eigenvalue weighted by atomic mass is 17.1. The van der Waals surface area contributed by atoms with Crippen molar-refractivity contribution < 1.29 is 24.4 Å². The molecule has 0 aliphatic carbocycles. The molecule has 1 aromatic carbocycles. The third-order valence-electron chi connectivity index (χ3n) is 4.29. The highest BCUT2D eigenvalue weighted by molar-refractivity contribution is 5.44. The third-order valence-corrected chi connectivity index (χ3v) is 4.29. The minimum atomic E-state index is -0.946.